The molecule has 0 aliphatic heterocycles. The molecule has 2 heterocycles. The van der Waals surface area contributed by atoms with E-state index in [1.165, 1.54) is 0 Å². The van der Waals surface area contributed by atoms with E-state index in [4.69, 9.17) is 9.78 Å². The molecule has 0 aromatic carbocycles. The van der Waals surface area contributed by atoms with Crippen molar-refractivity contribution in [2.24, 2.45) is 7.05 Å². The molecular formula is C12H14N4O. The fourth-order valence-electron chi connectivity index (χ4n) is 1.70. The number of hydrogen-bond donors (Lipinski definition) is 1. The third-order valence-corrected chi connectivity index (χ3v) is 2.86. The molecule has 0 atom stereocenters. The molecule has 0 amide bonds. The third kappa shape index (κ3) is 2.37. The van der Waals surface area contributed by atoms with Crippen LogP contribution in [0, 0.1) is 18.3 Å². The van der Waals surface area contributed by atoms with Crippen LogP contribution in [0.25, 0.3) is 0 Å². The van der Waals surface area contributed by atoms with Gasteiger partial charge in [-0.1, -0.05) is 5.16 Å². The van der Waals surface area contributed by atoms with E-state index in [1.54, 1.807) is 6.20 Å². The molecule has 5 heteroatoms. The van der Waals surface area contributed by atoms with Gasteiger partial charge in [-0.3, -0.25) is 0 Å². The molecule has 2 aromatic rings. The highest BCUT2D eigenvalue weighted by molar-refractivity contribution is 5.34. The van der Waals surface area contributed by atoms with E-state index in [1.807, 2.05) is 30.7 Å². The Morgan fingerprint density at radius 3 is 2.94 bits per heavy atom. The van der Waals surface area contributed by atoms with E-state index < -0.39 is 0 Å². The van der Waals surface area contributed by atoms with Gasteiger partial charge in [0.2, 0.25) is 0 Å². The van der Waals surface area contributed by atoms with Crippen LogP contribution in [0.5, 0.6) is 0 Å². The zero-order valence-electron chi connectivity index (χ0n) is 9.90. The van der Waals surface area contributed by atoms with Crippen molar-refractivity contribution >= 4 is 0 Å². The van der Waals surface area contributed by atoms with E-state index in [-0.39, 0.29) is 0 Å². The van der Waals surface area contributed by atoms with Gasteiger partial charge in [0, 0.05) is 25.4 Å². The molecule has 0 saturated carbocycles. The maximum atomic E-state index is 8.92. The lowest BCUT2D eigenvalue weighted by Crippen LogP contribution is -2.12. The van der Waals surface area contributed by atoms with Gasteiger partial charge in [0.25, 0.3) is 0 Å². The topological polar surface area (TPSA) is 66.8 Å². The molecule has 0 unspecified atom stereocenters. The summed E-state index contributed by atoms with van der Waals surface area (Å²) in [6.45, 7) is 3.35. The Bertz CT molecular complexity index is 534. The fraction of sp³-hybridized carbons (Fsp3) is 0.333. The van der Waals surface area contributed by atoms with Crippen molar-refractivity contribution in [3.8, 4) is 6.07 Å². The van der Waals surface area contributed by atoms with Gasteiger partial charge in [0.15, 0.2) is 0 Å². The Kier molecular flexibility index (Phi) is 3.26. The third-order valence-electron chi connectivity index (χ3n) is 2.86. The molecule has 0 radical (unpaired) electrons. The smallest absolute Gasteiger partial charge is 0.150 e. The zero-order valence-corrected chi connectivity index (χ0v) is 9.90. The number of hydrogen-bond acceptors (Lipinski definition) is 4. The molecule has 0 bridgehead atoms. The van der Waals surface area contributed by atoms with Crippen LogP contribution in [-0.2, 0) is 20.1 Å². The van der Waals surface area contributed by atoms with Gasteiger partial charge < -0.3 is 14.4 Å². The maximum Gasteiger partial charge on any atom is 0.150 e. The van der Waals surface area contributed by atoms with Crippen LogP contribution in [0.1, 0.15) is 22.7 Å². The summed E-state index contributed by atoms with van der Waals surface area (Å²) in [5, 5.41) is 15.8. The summed E-state index contributed by atoms with van der Waals surface area (Å²) in [5.41, 5.74) is 2.91. The molecule has 0 aliphatic carbocycles. The minimum absolute atomic E-state index is 0.635. The summed E-state index contributed by atoms with van der Waals surface area (Å²) >= 11 is 0. The average Bonchev–Trinajstić information content (AvgIpc) is 2.92. The first-order valence-corrected chi connectivity index (χ1v) is 5.38. The summed E-state index contributed by atoms with van der Waals surface area (Å²) in [5.74, 6) is 0.805. The molecule has 2 rings (SSSR count). The summed E-state index contributed by atoms with van der Waals surface area (Å²) in [6.07, 6.45) is 1.62. The van der Waals surface area contributed by atoms with Crippen molar-refractivity contribution in [2.45, 2.75) is 20.0 Å². The van der Waals surface area contributed by atoms with Crippen LogP contribution in [0.4, 0.5) is 0 Å². The standard InChI is InChI=1S/C12H14N4O/c1-9-10(5-11(6-13)16(9)2)7-14-8-12-3-4-15-17-12/h3-5,14H,7-8H2,1-2H3. The lowest BCUT2D eigenvalue weighted by molar-refractivity contribution is 0.372. The van der Waals surface area contributed by atoms with E-state index >= 15 is 0 Å². The summed E-state index contributed by atoms with van der Waals surface area (Å²) in [4.78, 5) is 0. The Labute approximate surface area is 99.6 Å². The van der Waals surface area contributed by atoms with Crippen LogP contribution in [0.3, 0.4) is 0 Å². The lowest BCUT2D eigenvalue weighted by atomic mass is 10.2. The monoisotopic (exact) mass is 230 g/mol. The second-order valence-electron chi connectivity index (χ2n) is 3.89. The predicted molar refractivity (Wildman–Crippen MR) is 61.9 cm³/mol. The van der Waals surface area contributed by atoms with Crippen molar-refractivity contribution in [3.05, 3.63) is 41.0 Å². The molecular weight excluding hydrogens is 216 g/mol. The normalized spacial score (nSPS) is 10.4. The van der Waals surface area contributed by atoms with E-state index in [9.17, 15) is 0 Å². The molecule has 1 N–H and O–H groups in total. The zero-order chi connectivity index (χ0) is 12.3. The second kappa shape index (κ2) is 4.85. The molecule has 0 aliphatic rings. The largest absolute Gasteiger partial charge is 0.360 e. The van der Waals surface area contributed by atoms with E-state index in [0.29, 0.717) is 18.8 Å². The van der Waals surface area contributed by atoms with Crippen molar-refractivity contribution in [3.63, 3.8) is 0 Å². The Morgan fingerprint density at radius 2 is 2.35 bits per heavy atom. The van der Waals surface area contributed by atoms with E-state index in [0.717, 1.165) is 17.0 Å². The van der Waals surface area contributed by atoms with Crippen molar-refractivity contribution in [2.75, 3.05) is 0 Å². The first-order valence-electron chi connectivity index (χ1n) is 5.38. The molecule has 0 saturated heterocycles. The number of nitrogens with zero attached hydrogens (tertiary/aromatic N) is 3. The van der Waals surface area contributed by atoms with Crippen LogP contribution in [-0.4, -0.2) is 9.72 Å². The molecule has 5 nitrogen and oxygen atoms in total. The number of nitriles is 1. The number of aromatic nitrogens is 2. The van der Waals surface area contributed by atoms with Gasteiger partial charge in [-0.2, -0.15) is 5.26 Å². The second-order valence-corrected chi connectivity index (χ2v) is 3.89. The quantitative estimate of drug-likeness (QED) is 0.864. The van der Waals surface area contributed by atoms with Gasteiger partial charge in [-0.05, 0) is 18.6 Å². The van der Waals surface area contributed by atoms with Crippen molar-refractivity contribution in [1.29, 1.82) is 5.26 Å². The molecule has 0 fully saturated rings. The van der Waals surface area contributed by atoms with E-state index in [2.05, 4.69) is 16.5 Å². The molecule has 2 aromatic heterocycles. The highest BCUT2D eigenvalue weighted by atomic mass is 16.5. The molecule has 17 heavy (non-hydrogen) atoms. The first kappa shape index (κ1) is 11.4. The minimum atomic E-state index is 0.635. The number of rotatable bonds is 4. The van der Waals surface area contributed by atoms with Crippen molar-refractivity contribution in [1.82, 2.24) is 15.0 Å². The van der Waals surface area contributed by atoms with Gasteiger partial charge >= 0.3 is 0 Å². The summed E-state index contributed by atoms with van der Waals surface area (Å²) < 4.78 is 6.88. The van der Waals surface area contributed by atoms with Gasteiger partial charge in [0.05, 0.1) is 12.7 Å². The van der Waals surface area contributed by atoms with Gasteiger partial charge in [0.1, 0.15) is 17.5 Å². The Hall–Kier alpha value is -2.06. The Morgan fingerprint density at radius 1 is 1.53 bits per heavy atom. The Balaban J connectivity index is 1.98. The van der Waals surface area contributed by atoms with Crippen LogP contribution in [0.2, 0.25) is 0 Å². The van der Waals surface area contributed by atoms with Crippen molar-refractivity contribution < 1.29 is 4.52 Å². The van der Waals surface area contributed by atoms with Gasteiger partial charge in [-0.15, -0.1) is 0 Å². The lowest BCUT2D eigenvalue weighted by Gasteiger charge is -2.03. The average molecular weight is 230 g/mol. The summed E-state index contributed by atoms with van der Waals surface area (Å²) in [6, 6.07) is 5.90. The maximum absolute atomic E-state index is 8.92. The van der Waals surface area contributed by atoms with Gasteiger partial charge in [-0.25, -0.2) is 0 Å². The SMILES string of the molecule is Cc1c(CNCc2ccno2)cc(C#N)n1C. The fourth-order valence-corrected chi connectivity index (χ4v) is 1.70. The van der Waals surface area contributed by atoms with Crippen LogP contribution < -0.4 is 5.32 Å². The molecule has 88 valence electrons. The minimum Gasteiger partial charge on any atom is -0.360 e. The molecule has 0 spiro atoms. The summed E-state index contributed by atoms with van der Waals surface area (Å²) in [7, 11) is 1.90. The van der Waals surface area contributed by atoms with Crippen LogP contribution >= 0.6 is 0 Å². The highest BCUT2D eigenvalue weighted by Gasteiger charge is 2.08. The predicted octanol–water partition coefficient (Wildman–Crippen LogP) is 1.48. The first-order chi connectivity index (χ1) is 8.22. The highest BCUT2D eigenvalue weighted by Crippen LogP contribution is 2.13. The number of nitrogens with one attached hydrogen (secondary N) is 1. The van der Waals surface area contributed by atoms with Crippen LogP contribution in [0.15, 0.2) is 22.9 Å².